The maximum absolute atomic E-state index is 13.6. The van der Waals surface area contributed by atoms with Gasteiger partial charge < -0.3 is 20.9 Å². The molecule has 1 aliphatic carbocycles. The van der Waals surface area contributed by atoms with Crippen LogP contribution in [-0.2, 0) is 10.5 Å². The molecule has 34 heavy (non-hydrogen) atoms. The van der Waals surface area contributed by atoms with E-state index in [9.17, 15) is 14.4 Å². The molecule has 182 valence electrons. The lowest BCUT2D eigenvalue weighted by Gasteiger charge is -2.39. The van der Waals surface area contributed by atoms with Crippen LogP contribution in [0, 0.1) is 19.8 Å². The van der Waals surface area contributed by atoms with E-state index in [2.05, 4.69) is 30.8 Å². The molecule has 3 aliphatic rings. The van der Waals surface area contributed by atoms with Crippen LogP contribution in [0.4, 0.5) is 17.3 Å². The van der Waals surface area contributed by atoms with Gasteiger partial charge in [0.1, 0.15) is 35.0 Å². The highest BCUT2D eigenvalue weighted by molar-refractivity contribution is 5.97. The molecule has 0 radical (unpaired) electrons. The number of likely N-dealkylation sites (tertiary alicyclic amines) is 1. The molecule has 1 spiro atoms. The van der Waals surface area contributed by atoms with E-state index in [0.29, 0.717) is 41.4 Å². The number of fused-ring (bicyclic) bond motifs is 2. The number of carbonyl (C=O) groups is 2. The van der Waals surface area contributed by atoms with E-state index >= 15 is 0 Å². The van der Waals surface area contributed by atoms with E-state index in [1.807, 2.05) is 27.8 Å². The summed E-state index contributed by atoms with van der Waals surface area (Å²) in [5.74, 6) is 0.679. The zero-order chi connectivity index (χ0) is 24.6. The van der Waals surface area contributed by atoms with Gasteiger partial charge in [-0.25, -0.2) is 9.97 Å². The number of hydrogen-bond donors (Lipinski definition) is 3. The highest BCUT2D eigenvalue weighted by Crippen LogP contribution is 2.34. The normalized spacial score (nSPS) is 18.6. The predicted octanol–water partition coefficient (Wildman–Crippen LogP) is 2.50. The molecule has 2 aliphatic heterocycles. The predicted molar refractivity (Wildman–Crippen MR) is 130 cm³/mol. The van der Waals surface area contributed by atoms with Crippen molar-refractivity contribution in [1.29, 1.82) is 0 Å². The number of piperidine rings is 1. The van der Waals surface area contributed by atoms with Crippen LogP contribution in [0.15, 0.2) is 17.2 Å². The molecule has 0 aromatic carbocycles. The lowest BCUT2D eigenvalue weighted by Crippen LogP contribution is -2.53. The second-order valence-corrected chi connectivity index (χ2v) is 9.10. The van der Waals surface area contributed by atoms with E-state index in [1.165, 1.54) is 6.33 Å². The van der Waals surface area contributed by atoms with E-state index in [0.717, 1.165) is 31.5 Å². The Bertz CT molecular complexity index is 1180. The van der Waals surface area contributed by atoms with Gasteiger partial charge in [0, 0.05) is 37.4 Å². The first-order chi connectivity index (χ1) is 16.3. The number of amides is 2. The van der Waals surface area contributed by atoms with Gasteiger partial charge in [0.25, 0.3) is 11.5 Å². The molecule has 2 aromatic heterocycles. The molecule has 0 bridgehead atoms. The van der Waals surface area contributed by atoms with Gasteiger partial charge >= 0.3 is 0 Å². The Morgan fingerprint density at radius 3 is 2.41 bits per heavy atom. The van der Waals surface area contributed by atoms with Crippen LogP contribution in [-0.4, -0.2) is 51.4 Å². The zero-order valence-corrected chi connectivity index (χ0v) is 20.5. The first kappa shape index (κ1) is 23.9. The fourth-order valence-electron chi connectivity index (χ4n) is 4.58. The van der Waals surface area contributed by atoms with Crippen LogP contribution in [0.5, 0.6) is 0 Å². The van der Waals surface area contributed by atoms with Crippen molar-refractivity contribution in [2.24, 2.45) is 5.92 Å². The highest BCUT2D eigenvalue weighted by atomic mass is 16.2. The van der Waals surface area contributed by atoms with Crippen molar-refractivity contribution in [2.75, 3.05) is 30.8 Å². The van der Waals surface area contributed by atoms with Crippen molar-refractivity contribution in [2.45, 2.75) is 59.0 Å². The number of aryl methyl sites for hydroxylation is 1. The van der Waals surface area contributed by atoms with Gasteiger partial charge in [0.15, 0.2) is 0 Å². The molecule has 0 atom stereocenters. The lowest BCUT2D eigenvalue weighted by atomic mass is 9.97. The van der Waals surface area contributed by atoms with E-state index < -0.39 is 5.66 Å². The standard InChI is InChI=1S/C22H27N7O3.C2H6/c1-12-10-15(25-17-13(2)18(24-11-23-17)26-19(30)14-4-5-14)21(32)29-16(12)20(31)27-22(29)6-8-28(3)9-7-22;1-2/h10-11,14H,4-9H2,1-3H3,(H,27,31)(H2,23,24,25,26,30);1-2H3. The van der Waals surface area contributed by atoms with Crippen molar-refractivity contribution in [1.82, 2.24) is 24.8 Å². The third kappa shape index (κ3) is 4.18. The molecular formula is C24H33N7O3. The maximum atomic E-state index is 13.6. The minimum Gasteiger partial charge on any atom is -0.335 e. The van der Waals surface area contributed by atoms with Crippen LogP contribution in [0.1, 0.15) is 61.1 Å². The molecule has 5 rings (SSSR count). The highest BCUT2D eigenvalue weighted by Gasteiger charge is 2.46. The molecule has 1 saturated heterocycles. The molecule has 4 heterocycles. The van der Waals surface area contributed by atoms with Crippen LogP contribution < -0.4 is 21.5 Å². The Hall–Kier alpha value is -3.27. The minimum atomic E-state index is -0.706. The third-order valence-electron chi connectivity index (χ3n) is 6.72. The minimum absolute atomic E-state index is 0.0417. The number of nitrogens with zero attached hydrogens (tertiary/aromatic N) is 4. The summed E-state index contributed by atoms with van der Waals surface area (Å²) in [5, 5.41) is 9.06. The number of pyridine rings is 1. The summed E-state index contributed by atoms with van der Waals surface area (Å²) in [4.78, 5) is 49.2. The summed E-state index contributed by atoms with van der Waals surface area (Å²) >= 11 is 0. The third-order valence-corrected chi connectivity index (χ3v) is 6.72. The van der Waals surface area contributed by atoms with Crippen molar-refractivity contribution in [3.63, 3.8) is 0 Å². The fourth-order valence-corrected chi connectivity index (χ4v) is 4.58. The molecule has 2 amide bonds. The van der Waals surface area contributed by atoms with E-state index in [4.69, 9.17) is 0 Å². The largest absolute Gasteiger partial charge is 0.335 e. The van der Waals surface area contributed by atoms with Crippen molar-refractivity contribution >= 4 is 29.1 Å². The van der Waals surface area contributed by atoms with Crippen LogP contribution in [0.25, 0.3) is 0 Å². The van der Waals surface area contributed by atoms with Crippen LogP contribution >= 0.6 is 0 Å². The number of anilines is 3. The summed E-state index contributed by atoms with van der Waals surface area (Å²) in [6.07, 6.45) is 4.48. The SMILES string of the molecule is CC.Cc1cc(Nc2ncnc(NC(=O)C3CC3)c2C)c(=O)n2c1C(=O)NC21CCN(C)CC1. The van der Waals surface area contributed by atoms with Gasteiger partial charge in [-0.2, -0.15) is 0 Å². The van der Waals surface area contributed by atoms with Gasteiger partial charge in [0.05, 0.1) is 0 Å². The number of nitrogens with one attached hydrogen (secondary N) is 3. The number of rotatable bonds is 4. The molecule has 1 saturated carbocycles. The van der Waals surface area contributed by atoms with Gasteiger partial charge in [0.2, 0.25) is 5.91 Å². The average Bonchev–Trinajstić information content (AvgIpc) is 3.63. The first-order valence-corrected chi connectivity index (χ1v) is 12.0. The van der Waals surface area contributed by atoms with Gasteiger partial charge in [-0.05, 0) is 45.4 Å². The smallest absolute Gasteiger partial charge is 0.276 e. The number of hydrogen-bond acceptors (Lipinski definition) is 7. The molecule has 2 aromatic rings. The Morgan fingerprint density at radius 2 is 1.76 bits per heavy atom. The first-order valence-electron chi connectivity index (χ1n) is 12.0. The van der Waals surface area contributed by atoms with E-state index in [-0.39, 0.29) is 23.3 Å². The molecule has 10 heteroatoms. The number of aromatic nitrogens is 3. The van der Waals surface area contributed by atoms with Crippen molar-refractivity contribution < 1.29 is 9.59 Å². The van der Waals surface area contributed by atoms with Gasteiger partial charge in [-0.15, -0.1) is 0 Å². The Balaban J connectivity index is 0.00000133. The quantitative estimate of drug-likeness (QED) is 0.632. The van der Waals surface area contributed by atoms with Crippen molar-refractivity contribution in [3.8, 4) is 0 Å². The molecule has 0 unspecified atom stereocenters. The second-order valence-electron chi connectivity index (χ2n) is 9.10. The van der Waals surface area contributed by atoms with E-state index in [1.54, 1.807) is 17.6 Å². The molecule has 3 N–H and O–H groups in total. The Kier molecular flexibility index (Phi) is 6.44. The monoisotopic (exact) mass is 467 g/mol. The van der Waals surface area contributed by atoms with Crippen LogP contribution in [0.3, 0.4) is 0 Å². The molecular weight excluding hydrogens is 434 g/mol. The summed E-state index contributed by atoms with van der Waals surface area (Å²) in [6.45, 7) is 9.21. The number of carbonyl (C=O) groups excluding carboxylic acids is 2. The Labute approximate surface area is 199 Å². The summed E-state index contributed by atoms with van der Waals surface area (Å²) in [7, 11) is 2.04. The lowest BCUT2D eigenvalue weighted by molar-refractivity contribution is -0.117. The summed E-state index contributed by atoms with van der Waals surface area (Å²) in [6, 6.07) is 1.69. The molecule has 10 nitrogen and oxygen atoms in total. The zero-order valence-electron chi connectivity index (χ0n) is 20.5. The fraction of sp³-hybridized carbons (Fsp3) is 0.542. The van der Waals surface area contributed by atoms with Crippen LogP contribution in [0.2, 0.25) is 0 Å². The maximum Gasteiger partial charge on any atom is 0.276 e. The average molecular weight is 468 g/mol. The summed E-state index contributed by atoms with van der Waals surface area (Å²) < 4.78 is 1.63. The van der Waals surface area contributed by atoms with Crippen molar-refractivity contribution in [3.05, 3.63) is 39.6 Å². The van der Waals surface area contributed by atoms with Gasteiger partial charge in [-0.1, -0.05) is 13.8 Å². The topological polar surface area (TPSA) is 121 Å². The Morgan fingerprint density at radius 1 is 1.12 bits per heavy atom. The summed E-state index contributed by atoms with van der Waals surface area (Å²) in [5.41, 5.74) is 1.14. The molecule has 2 fully saturated rings. The van der Waals surface area contributed by atoms with Gasteiger partial charge in [-0.3, -0.25) is 19.0 Å². The second kappa shape index (κ2) is 9.17.